The third kappa shape index (κ3) is 0.779. The van der Waals surface area contributed by atoms with E-state index in [0.29, 0.717) is 0 Å². The number of aromatic amines is 1. The highest BCUT2D eigenvalue weighted by Gasteiger charge is 2.29. The molecule has 0 bridgehead atoms. The van der Waals surface area contributed by atoms with Crippen LogP contribution in [-0.2, 0) is 0 Å². The van der Waals surface area contributed by atoms with Crippen LogP contribution in [0.3, 0.4) is 0 Å². The quantitative estimate of drug-likeness (QED) is 0.578. The van der Waals surface area contributed by atoms with Gasteiger partial charge in [0.05, 0.1) is 11.5 Å². The lowest BCUT2D eigenvalue weighted by Gasteiger charge is -1.87. The number of rotatable bonds is 0. The molecule has 2 aliphatic rings. The van der Waals surface area contributed by atoms with E-state index < -0.39 is 0 Å². The summed E-state index contributed by atoms with van der Waals surface area (Å²) in [6.45, 7) is 0. The van der Waals surface area contributed by atoms with Gasteiger partial charge in [-0.25, -0.2) is 0 Å². The van der Waals surface area contributed by atoms with Crippen molar-refractivity contribution in [3.05, 3.63) is 28.9 Å². The summed E-state index contributed by atoms with van der Waals surface area (Å²) in [5, 5.41) is 9.63. The molecule has 3 rings (SSSR count). The molecule has 0 spiro atoms. The first-order valence-corrected chi connectivity index (χ1v) is 4.34. The Hall–Kier alpha value is -1.31. The number of allylic oxidation sites excluding steroid dienone is 2. The summed E-state index contributed by atoms with van der Waals surface area (Å²) in [7, 11) is 0. The molecule has 1 aromatic heterocycles. The van der Waals surface area contributed by atoms with Crippen LogP contribution in [0.15, 0.2) is 18.3 Å². The number of nitrogens with one attached hydrogen (secondary N) is 1. The minimum atomic E-state index is 0.800. The summed E-state index contributed by atoms with van der Waals surface area (Å²) in [5.74, 6) is 0.800. The second kappa shape index (κ2) is 2.09. The Morgan fingerprint density at radius 3 is 3.50 bits per heavy atom. The summed E-state index contributed by atoms with van der Waals surface area (Å²) in [4.78, 5) is 0. The summed E-state index contributed by atoms with van der Waals surface area (Å²) in [5.41, 5.74) is 1.56. The predicted molar refractivity (Wildman–Crippen MR) is 47.6 cm³/mol. The van der Waals surface area contributed by atoms with Gasteiger partial charge in [0.15, 0.2) is 0 Å². The summed E-state index contributed by atoms with van der Waals surface area (Å²) < 4.78 is 0. The van der Waals surface area contributed by atoms with Crippen molar-refractivity contribution in [2.75, 3.05) is 0 Å². The maximum absolute atomic E-state index is 4.05. The SMILES string of the molecule is C1=C\CC2C/C2=c2/[nH]nc/c2=C/1. The molecule has 60 valence electrons. The lowest BCUT2D eigenvalue weighted by atomic mass is 10.2. The van der Waals surface area contributed by atoms with Crippen molar-refractivity contribution in [3.63, 3.8) is 0 Å². The van der Waals surface area contributed by atoms with Crippen LogP contribution in [0.5, 0.6) is 0 Å². The van der Waals surface area contributed by atoms with Crippen LogP contribution in [0.4, 0.5) is 0 Å². The van der Waals surface area contributed by atoms with Crippen LogP contribution in [0.25, 0.3) is 11.6 Å². The van der Waals surface area contributed by atoms with E-state index in [1.54, 1.807) is 5.57 Å². The highest BCUT2D eigenvalue weighted by Crippen LogP contribution is 2.41. The average Bonchev–Trinajstić information content (AvgIpc) is 2.64. The van der Waals surface area contributed by atoms with Crippen LogP contribution in [0.1, 0.15) is 12.8 Å². The van der Waals surface area contributed by atoms with Gasteiger partial charge in [0.25, 0.3) is 0 Å². The van der Waals surface area contributed by atoms with Gasteiger partial charge >= 0.3 is 0 Å². The number of nitrogens with zero attached hydrogens (tertiary/aromatic N) is 1. The van der Waals surface area contributed by atoms with Crippen molar-refractivity contribution < 1.29 is 0 Å². The Morgan fingerprint density at radius 1 is 1.50 bits per heavy atom. The van der Waals surface area contributed by atoms with Crippen molar-refractivity contribution in [1.82, 2.24) is 10.2 Å². The van der Waals surface area contributed by atoms with Gasteiger partial charge in [0, 0.05) is 5.22 Å². The van der Waals surface area contributed by atoms with Crippen molar-refractivity contribution in [3.8, 4) is 0 Å². The smallest absolute Gasteiger partial charge is 0.0645 e. The summed E-state index contributed by atoms with van der Waals surface area (Å²) >= 11 is 0. The molecule has 0 aromatic carbocycles. The number of H-pyrrole nitrogens is 1. The van der Waals surface area contributed by atoms with Gasteiger partial charge in [-0.2, -0.15) is 5.10 Å². The van der Waals surface area contributed by atoms with E-state index in [-0.39, 0.29) is 0 Å². The van der Waals surface area contributed by atoms with Crippen LogP contribution < -0.4 is 10.6 Å². The molecule has 1 saturated carbocycles. The number of hydrogen-bond donors (Lipinski definition) is 1. The third-order valence-electron chi connectivity index (χ3n) is 2.62. The molecule has 0 aliphatic heterocycles. The third-order valence-corrected chi connectivity index (χ3v) is 2.62. The highest BCUT2D eigenvalue weighted by molar-refractivity contribution is 5.63. The number of fused-ring (bicyclic) bond motifs is 2. The van der Waals surface area contributed by atoms with E-state index in [9.17, 15) is 0 Å². The first-order chi connectivity index (χ1) is 5.95. The minimum absolute atomic E-state index is 0.800. The topological polar surface area (TPSA) is 28.7 Å². The molecule has 0 radical (unpaired) electrons. The second-order valence-corrected chi connectivity index (χ2v) is 3.46. The van der Waals surface area contributed by atoms with Crippen molar-refractivity contribution in [2.24, 2.45) is 5.92 Å². The van der Waals surface area contributed by atoms with Crippen molar-refractivity contribution in [1.29, 1.82) is 0 Å². The maximum Gasteiger partial charge on any atom is 0.0645 e. The Balaban J connectivity index is 2.41. The molecule has 2 heteroatoms. The Morgan fingerprint density at radius 2 is 2.50 bits per heavy atom. The molecule has 2 nitrogen and oxygen atoms in total. The lowest BCUT2D eigenvalue weighted by Crippen LogP contribution is -2.22. The highest BCUT2D eigenvalue weighted by atomic mass is 15.1. The van der Waals surface area contributed by atoms with Crippen LogP contribution >= 0.6 is 0 Å². The fraction of sp³-hybridized carbons (Fsp3) is 0.300. The summed E-state index contributed by atoms with van der Waals surface area (Å²) in [6, 6.07) is 0. The van der Waals surface area contributed by atoms with E-state index in [4.69, 9.17) is 0 Å². The summed E-state index contributed by atoms with van der Waals surface area (Å²) in [6.07, 6.45) is 10.8. The molecule has 1 fully saturated rings. The van der Waals surface area contributed by atoms with Gasteiger partial charge in [-0.1, -0.05) is 18.2 Å². The molecule has 0 amide bonds. The predicted octanol–water partition coefficient (Wildman–Crippen LogP) is 0.321. The standard InChI is InChI=1S/C10H10N2/c1-2-4-8-6-11-12-10(8)9-5-7(9)3-1/h1-2,4,6-7,12H,3,5H2/b2-1-,8-4-,10-9-. The normalized spacial score (nSPS) is 35.0. The Kier molecular flexibility index (Phi) is 1.09. The minimum Gasteiger partial charge on any atom is -0.278 e. The molecule has 1 unspecified atom stereocenters. The zero-order valence-electron chi connectivity index (χ0n) is 6.75. The molecule has 12 heavy (non-hydrogen) atoms. The Labute approximate surface area is 70.3 Å². The zero-order chi connectivity index (χ0) is 7.97. The monoisotopic (exact) mass is 158 g/mol. The molecule has 1 aromatic rings. The molecular formula is C10H10N2. The van der Waals surface area contributed by atoms with Gasteiger partial charge < -0.3 is 0 Å². The van der Waals surface area contributed by atoms with Gasteiger partial charge in [0.1, 0.15) is 0 Å². The van der Waals surface area contributed by atoms with E-state index in [0.717, 1.165) is 5.92 Å². The van der Waals surface area contributed by atoms with Gasteiger partial charge in [-0.15, -0.1) is 0 Å². The van der Waals surface area contributed by atoms with E-state index in [1.807, 2.05) is 6.20 Å². The van der Waals surface area contributed by atoms with Crippen LogP contribution in [0.2, 0.25) is 0 Å². The Bertz CT molecular complexity index is 450. The molecule has 1 atom stereocenters. The number of aromatic nitrogens is 2. The van der Waals surface area contributed by atoms with Crippen molar-refractivity contribution in [2.45, 2.75) is 12.8 Å². The average molecular weight is 158 g/mol. The second-order valence-electron chi connectivity index (χ2n) is 3.46. The largest absolute Gasteiger partial charge is 0.278 e. The van der Waals surface area contributed by atoms with Crippen LogP contribution in [0, 0.1) is 5.92 Å². The van der Waals surface area contributed by atoms with Gasteiger partial charge in [-0.3, -0.25) is 5.10 Å². The van der Waals surface area contributed by atoms with Gasteiger partial charge in [-0.05, 0) is 24.3 Å². The fourth-order valence-electron chi connectivity index (χ4n) is 1.83. The van der Waals surface area contributed by atoms with Crippen LogP contribution in [-0.4, -0.2) is 10.2 Å². The first kappa shape index (κ1) is 6.23. The molecule has 2 aliphatic carbocycles. The van der Waals surface area contributed by atoms with E-state index in [1.165, 1.54) is 23.4 Å². The molecular weight excluding hydrogens is 148 g/mol. The molecule has 0 saturated heterocycles. The van der Waals surface area contributed by atoms with E-state index in [2.05, 4.69) is 28.4 Å². The molecule has 1 N–H and O–H groups in total. The van der Waals surface area contributed by atoms with E-state index >= 15 is 0 Å². The molecule has 1 heterocycles. The fourth-order valence-corrected chi connectivity index (χ4v) is 1.83. The van der Waals surface area contributed by atoms with Gasteiger partial charge in [0.2, 0.25) is 0 Å². The van der Waals surface area contributed by atoms with Crippen molar-refractivity contribution >= 4 is 11.6 Å². The zero-order valence-corrected chi connectivity index (χ0v) is 6.75. The maximum atomic E-state index is 4.05. The lowest BCUT2D eigenvalue weighted by molar-refractivity contribution is 0.902. The number of hydrogen-bond acceptors (Lipinski definition) is 1. The first-order valence-electron chi connectivity index (χ1n) is 4.34.